The van der Waals surface area contributed by atoms with Crippen LogP contribution >= 0.6 is 0 Å². The Morgan fingerprint density at radius 2 is 2.32 bits per heavy atom. The molecule has 1 aromatic heterocycles. The molecular formula is C12H20N4O2S. The fourth-order valence-electron chi connectivity index (χ4n) is 2.35. The third-order valence-electron chi connectivity index (χ3n) is 3.62. The van der Waals surface area contributed by atoms with Crippen molar-refractivity contribution in [3.05, 3.63) is 24.3 Å². The highest BCUT2D eigenvalue weighted by atomic mass is 32.2. The molecular weight excluding hydrogens is 264 g/mol. The monoisotopic (exact) mass is 284 g/mol. The average molecular weight is 284 g/mol. The summed E-state index contributed by atoms with van der Waals surface area (Å²) in [6, 6.07) is 0. The minimum Gasteiger partial charge on any atom is -0.330 e. The van der Waals surface area contributed by atoms with Crippen LogP contribution in [0.5, 0.6) is 0 Å². The molecule has 19 heavy (non-hydrogen) atoms. The van der Waals surface area contributed by atoms with Crippen molar-refractivity contribution in [1.82, 2.24) is 14.3 Å². The molecule has 0 aliphatic carbocycles. The topological polar surface area (TPSA) is 89.2 Å². The molecule has 106 valence electrons. The highest BCUT2D eigenvalue weighted by Crippen LogP contribution is 2.27. The maximum absolute atomic E-state index is 12.6. The van der Waals surface area contributed by atoms with Crippen LogP contribution < -0.4 is 5.73 Å². The van der Waals surface area contributed by atoms with Gasteiger partial charge >= 0.3 is 0 Å². The molecule has 1 saturated heterocycles. The SMILES string of the molecule is C[C@H](c1cnccn1)S(=O)(=O)N1CCC[C@H](CN)C1. The Morgan fingerprint density at radius 3 is 2.95 bits per heavy atom. The predicted molar refractivity (Wildman–Crippen MR) is 72.7 cm³/mol. The van der Waals surface area contributed by atoms with Crippen LogP contribution in [0.1, 0.15) is 30.7 Å². The molecule has 0 radical (unpaired) electrons. The summed E-state index contributed by atoms with van der Waals surface area (Å²) in [4.78, 5) is 8.02. The number of rotatable bonds is 4. The largest absolute Gasteiger partial charge is 0.330 e. The zero-order valence-electron chi connectivity index (χ0n) is 11.1. The van der Waals surface area contributed by atoms with Crippen LogP contribution in [0.3, 0.4) is 0 Å². The zero-order chi connectivity index (χ0) is 13.9. The first-order valence-electron chi connectivity index (χ1n) is 6.50. The highest BCUT2D eigenvalue weighted by molar-refractivity contribution is 7.89. The Balaban J connectivity index is 2.18. The molecule has 1 aliphatic rings. The Labute approximate surface area is 114 Å². The van der Waals surface area contributed by atoms with E-state index < -0.39 is 15.3 Å². The molecule has 1 aliphatic heterocycles. The van der Waals surface area contributed by atoms with Gasteiger partial charge in [-0.1, -0.05) is 0 Å². The van der Waals surface area contributed by atoms with E-state index in [1.165, 1.54) is 18.6 Å². The van der Waals surface area contributed by atoms with Gasteiger partial charge in [-0.2, -0.15) is 0 Å². The van der Waals surface area contributed by atoms with E-state index in [2.05, 4.69) is 9.97 Å². The second-order valence-electron chi connectivity index (χ2n) is 4.92. The van der Waals surface area contributed by atoms with Crippen molar-refractivity contribution in [3.63, 3.8) is 0 Å². The summed E-state index contributed by atoms with van der Waals surface area (Å²) in [7, 11) is -3.38. The van der Waals surface area contributed by atoms with Crippen LogP contribution in [0.2, 0.25) is 0 Å². The Morgan fingerprint density at radius 1 is 1.53 bits per heavy atom. The summed E-state index contributed by atoms with van der Waals surface area (Å²) in [6.45, 7) is 3.28. The number of hydrogen-bond acceptors (Lipinski definition) is 5. The molecule has 0 spiro atoms. The second-order valence-corrected chi connectivity index (χ2v) is 7.17. The van der Waals surface area contributed by atoms with Crippen LogP contribution in [0, 0.1) is 5.92 Å². The fourth-order valence-corrected chi connectivity index (χ4v) is 4.02. The molecule has 0 bridgehead atoms. The van der Waals surface area contributed by atoms with Crippen LogP contribution in [-0.2, 0) is 10.0 Å². The Kier molecular flexibility index (Phi) is 4.49. The maximum atomic E-state index is 12.6. The number of nitrogens with zero attached hydrogens (tertiary/aromatic N) is 3. The molecule has 0 amide bonds. The number of piperidine rings is 1. The maximum Gasteiger partial charge on any atom is 0.222 e. The van der Waals surface area contributed by atoms with Crippen LogP contribution in [0.15, 0.2) is 18.6 Å². The van der Waals surface area contributed by atoms with E-state index in [4.69, 9.17) is 5.73 Å². The van der Waals surface area contributed by atoms with E-state index in [9.17, 15) is 8.42 Å². The van der Waals surface area contributed by atoms with Crippen molar-refractivity contribution in [2.45, 2.75) is 25.0 Å². The third kappa shape index (κ3) is 3.10. The lowest BCUT2D eigenvalue weighted by Crippen LogP contribution is -2.43. The molecule has 2 rings (SSSR count). The van der Waals surface area contributed by atoms with Crippen molar-refractivity contribution in [2.75, 3.05) is 19.6 Å². The Bertz CT molecular complexity index is 506. The molecule has 1 aromatic rings. The van der Waals surface area contributed by atoms with E-state index in [1.54, 1.807) is 11.2 Å². The van der Waals surface area contributed by atoms with Crippen molar-refractivity contribution in [2.24, 2.45) is 11.7 Å². The summed E-state index contributed by atoms with van der Waals surface area (Å²) in [5, 5.41) is -0.669. The number of sulfonamides is 1. The summed E-state index contributed by atoms with van der Waals surface area (Å²) < 4.78 is 26.7. The smallest absolute Gasteiger partial charge is 0.222 e. The molecule has 7 heteroatoms. The number of aromatic nitrogens is 2. The average Bonchev–Trinajstić information content (AvgIpc) is 2.47. The number of nitrogens with two attached hydrogens (primary N) is 1. The Hall–Kier alpha value is -1.05. The summed E-state index contributed by atoms with van der Waals surface area (Å²) >= 11 is 0. The van der Waals surface area contributed by atoms with E-state index in [-0.39, 0.29) is 5.92 Å². The van der Waals surface area contributed by atoms with Crippen molar-refractivity contribution >= 4 is 10.0 Å². The molecule has 2 atom stereocenters. The van der Waals surface area contributed by atoms with Crippen LogP contribution in [-0.4, -0.2) is 42.3 Å². The molecule has 2 heterocycles. The van der Waals surface area contributed by atoms with Gasteiger partial charge in [0.1, 0.15) is 5.25 Å². The third-order valence-corrected chi connectivity index (χ3v) is 5.81. The van der Waals surface area contributed by atoms with E-state index >= 15 is 0 Å². The van der Waals surface area contributed by atoms with Gasteiger partial charge in [-0.05, 0) is 32.2 Å². The van der Waals surface area contributed by atoms with Gasteiger partial charge in [-0.15, -0.1) is 0 Å². The van der Waals surface area contributed by atoms with Gasteiger partial charge in [0.15, 0.2) is 0 Å². The van der Waals surface area contributed by atoms with E-state index in [1.807, 2.05) is 0 Å². The molecule has 6 nitrogen and oxygen atoms in total. The minimum atomic E-state index is -3.38. The van der Waals surface area contributed by atoms with Crippen LogP contribution in [0.25, 0.3) is 0 Å². The molecule has 0 aromatic carbocycles. The minimum absolute atomic E-state index is 0.262. The summed E-state index contributed by atoms with van der Waals surface area (Å²) in [5.41, 5.74) is 6.14. The quantitative estimate of drug-likeness (QED) is 0.871. The van der Waals surface area contributed by atoms with Crippen molar-refractivity contribution < 1.29 is 8.42 Å². The second kappa shape index (κ2) is 5.94. The van der Waals surface area contributed by atoms with Gasteiger partial charge in [0.05, 0.1) is 5.69 Å². The fraction of sp³-hybridized carbons (Fsp3) is 0.667. The molecule has 2 N–H and O–H groups in total. The first kappa shape index (κ1) is 14.4. The standard InChI is InChI=1S/C12H20N4O2S/c1-10(12-8-14-4-5-15-12)19(17,18)16-6-2-3-11(7-13)9-16/h4-5,8,10-11H,2-3,6-7,9,13H2,1H3/t10-,11-/m1/s1. The van der Waals surface area contributed by atoms with Gasteiger partial charge < -0.3 is 5.73 Å². The van der Waals surface area contributed by atoms with Crippen molar-refractivity contribution in [1.29, 1.82) is 0 Å². The van der Waals surface area contributed by atoms with E-state index in [0.717, 1.165) is 12.8 Å². The van der Waals surface area contributed by atoms with Gasteiger partial charge in [0.25, 0.3) is 0 Å². The summed E-state index contributed by atoms with van der Waals surface area (Å²) in [6.07, 6.45) is 6.43. The predicted octanol–water partition coefficient (Wildman–Crippen LogP) is 0.538. The summed E-state index contributed by atoms with van der Waals surface area (Å²) in [5.74, 6) is 0.262. The van der Waals surface area contributed by atoms with Gasteiger partial charge in [-0.25, -0.2) is 12.7 Å². The zero-order valence-corrected chi connectivity index (χ0v) is 11.9. The lowest BCUT2D eigenvalue weighted by molar-refractivity contribution is 0.269. The normalized spacial score (nSPS) is 23.2. The molecule has 1 fully saturated rings. The van der Waals surface area contributed by atoms with Gasteiger partial charge in [0.2, 0.25) is 10.0 Å². The van der Waals surface area contributed by atoms with E-state index in [0.29, 0.717) is 25.3 Å². The van der Waals surface area contributed by atoms with Gasteiger partial charge in [-0.3, -0.25) is 9.97 Å². The lowest BCUT2D eigenvalue weighted by Gasteiger charge is -2.32. The highest BCUT2D eigenvalue weighted by Gasteiger charge is 2.34. The van der Waals surface area contributed by atoms with Crippen molar-refractivity contribution in [3.8, 4) is 0 Å². The molecule has 0 unspecified atom stereocenters. The lowest BCUT2D eigenvalue weighted by atomic mass is 10.0. The number of hydrogen-bond donors (Lipinski definition) is 1. The molecule has 0 saturated carbocycles. The first-order chi connectivity index (χ1) is 9.05. The van der Waals surface area contributed by atoms with Gasteiger partial charge in [0, 0.05) is 31.7 Å². The van der Waals surface area contributed by atoms with Crippen LogP contribution in [0.4, 0.5) is 0 Å². The first-order valence-corrected chi connectivity index (χ1v) is 8.01.